The maximum atomic E-state index is 12.4. The van der Waals surface area contributed by atoms with Gasteiger partial charge in [-0.1, -0.05) is 6.07 Å². The minimum absolute atomic E-state index is 0.0306. The predicted molar refractivity (Wildman–Crippen MR) is 103 cm³/mol. The average molecular weight is 369 g/mol. The number of aromatic nitrogens is 1. The molecule has 1 amide bonds. The smallest absolute Gasteiger partial charge is 0.293 e. The first-order chi connectivity index (χ1) is 13.0. The Morgan fingerprint density at radius 3 is 2.67 bits per heavy atom. The highest BCUT2D eigenvalue weighted by Crippen LogP contribution is 2.30. The summed E-state index contributed by atoms with van der Waals surface area (Å²) in [5, 5.41) is 14.3. The largest absolute Gasteiger partial charge is 0.363 e. The summed E-state index contributed by atoms with van der Waals surface area (Å²) < 4.78 is 0. The van der Waals surface area contributed by atoms with Gasteiger partial charge in [0.1, 0.15) is 5.69 Å². The summed E-state index contributed by atoms with van der Waals surface area (Å²) in [7, 11) is 2.03. The van der Waals surface area contributed by atoms with Crippen LogP contribution in [0.5, 0.6) is 0 Å². The zero-order valence-electron chi connectivity index (χ0n) is 15.3. The van der Waals surface area contributed by atoms with E-state index in [0.717, 1.165) is 31.9 Å². The molecular weight excluding hydrogens is 346 g/mol. The number of nitrogens with zero attached hydrogens (tertiary/aromatic N) is 4. The van der Waals surface area contributed by atoms with Crippen LogP contribution < -0.4 is 10.2 Å². The van der Waals surface area contributed by atoms with Crippen molar-refractivity contribution in [1.82, 2.24) is 15.2 Å². The summed E-state index contributed by atoms with van der Waals surface area (Å²) in [5.41, 5.74) is 1.71. The number of hydrogen-bond acceptors (Lipinski definition) is 6. The van der Waals surface area contributed by atoms with Crippen LogP contribution in [0.2, 0.25) is 0 Å². The molecular formula is C19H23N5O3. The lowest BCUT2D eigenvalue weighted by Crippen LogP contribution is -2.44. The third-order valence-corrected chi connectivity index (χ3v) is 4.67. The number of pyridine rings is 1. The van der Waals surface area contributed by atoms with Gasteiger partial charge < -0.3 is 15.1 Å². The number of likely N-dealkylation sites (N-methyl/N-ethyl adjacent to an activating group) is 1. The van der Waals surface area contributed by atoms with Gasteiger partial charge in [-0.05, 0) is 31.3 Å². The molecule has 0 radical (unpaired) electrons. The summed E-state index contributed by atoms with van der Waals surface area (Å²) >= 11 is 0. The van der Waals surface area contributed by atoms with Gasteiger partial charge in [-0.25, -0.2) is 0 Å². The molecule has 2 aromatic rings. The second-order valence-corrected chi connectivity index (χ2v) is 6.58. The number of carbonyl (C=O) groups excluding carboxylic acids is 1. The first-order valence-corrected chi connectivity index (χ1v) is 8.94. The van der Waals surface area contributed by atoms with E-state index in [1.807, 2.05) is 30.1 Å². The Labute approximate surface area is 158 Å². The lowest BCUT2D eigenvalue weighted by Gasteiger charge is -2.33. The van der Waals surface area contributed by atoms with Crippen molar-refractivity contribution < 1.29 is 9.72 Å². The third kappa shape index (κ3) is 4.79. The molecule has 142 valence electrons. The van der Waals surface area contributed by atoms with Crippen LogP contribution in [0.15, 0.2) is 42.6 Å². The maximum Gasteiger partial charge on any atom is 0.293 e. The van der Waals surface area contributed by atoms with Crippen LogP contribution in [0.25, 0.3) is 0 Å². The normalized spacial score (nSPS) is 14.8. The van der Waals surface area contributed by atoms with E-state index < -0.39 is 4.92 Å². The molecule has 0 saturated carbocycles. The van der Waals surface area contributed by atoms with Crippen molar-refractivity contribution in [2.75, 3.05) is 44.7 Å². The minimum atomic E-state index is -0.418. The van der Waals surface area contributed by atoms with Crippen LogP contribution in [0.1, 0.15) is 16.1 Å². The molecule has 1 saturated heterocycles. The maximum absolute atomic E-state index is 12.4. The molecule has 1 N–H and O–H groups in total. The SMILES string of the molecule is CN1CCN(c2ccc(C(=O)NCCc3ccccn3)cc2[N+](=O)[O-])CC1. The average Bonchev–Trinajstić information content (AvgIpc) is 2.69. The number of nitro benzene ring substituents is 1. The van der Waals surface area contributed by atoms with Crippen LogP contribution in [-0.2, 0) is 6.42 Å². The number of nitrogens with one attached hydrogen (secondary N) is 1. The van der Waals surface area contributed by atoms with E-state index in [4.69, 9.17) is 0 Å². The molecule has 27 heavy (non-hydrogen) atoms. The number of nitro groups is 1. The number of anilines is 1. The molecule has 3 rings (SSSR count). The first-order valence-electron chi connectivity index (χ1n) is 8.94. The Hall–Kier alpha value is -3.00. The second-order valence-electron chi connectivity index (χ2n) is 6.58. The van der Waals surface area contributed by atoms with Gasteiger partial charge in [0.15, 0.2) is 0 Å². The van der Waals surface area contributed by atoms with Gasteiger partial charge in [0.2, 0.25) is 0 Å². The Bertz CT molecular complexity index is 804. The number of carbonyl (C=O) groups is 1. The topological polar surface area (TPSA) is 91.6 Å². The van der Waals surface area contributed by atoms with Gasteiger partial charge in [0.05, 0.1) is 4.92 Å². The fourth-order valence-electron chi connectivity index (χ4n) is 3.08. The van der Waals surface area contributed by atoms with E-state index in [-0.39, 0.29) is 11.6 Å². The number of rotatable bonds is 6. The molecule has 1 fully saturated rings. The van der Waals surface area contributed by atoms with Crippen LogP contribution in [0.4, 0.5) is 11.4 Å². The molecule has 0 bridgehead atoms. The quantitative estimate of drug-likeness (QED) is 0.616. The molecule has 8 nitrogen and oxygen atoms in total. The number of benzene rings is 1. The molecule has 1 aliphatic heterocycles. The Kier molecular flexibility index (Phi) is 5.97. The summed E-state index contributed by atoms with van der Waals surface area (Å²) in [6, 6.07) is 10.3. The van der Waals surface area contributed by atoms with Gasteiger partial charge in [-0.3, -0.25) is 19.9 Å². The van der Waals surface area contributed by atoms with Gasteiger partial charge in [0.25, 0.3) is 11.6 Å². The molecule has 0 aliphatic carbocycles. The molecule has 0 spiro atoms. The summed E-state index contributed by atoms with van der Waals surface area (Å²) in [6.45, 7) is 3.59. The van der Waals surface area contributed by atoms with Crippen LogP contribution in [0.3, 0.4) is 0 Å². The molecule has 0 atom stereocenters. The summed E-state index contributed by atoms with van der Waals surface area (Å²) in [6.07, 6.45) is 2.31. The number of amides is 1. The van der Waals surface area contributed by atoms with E-state index >= 15 is 0 Å². The highest BCUT2D eigenvalue weighted by atomic mass is 16.6. The van der Waals surface area contributed by atoms with Crippen molar-refractivity contribution in [1.29, 1.82) is 0 Å². The standard InChI is InChI=1S/C19H23N5O3/c1-22-10-12-23(13-11-22)17-6-5-15(14-18(17)24(26)27)19(25)21-9-7-16-4-2-3-8-20-16/h2-6,8,14H,7,9-13H2,1H3,(H,21,25). The minimum Gasteiger partial charge on any atom is -0.363 e. The van der Waals surface area contributed by atoms with Crippen molar-refractivity contribution in [3.63, 3.8) is 0 Å². The lowest BCUT2D eigenvalue weighted by molar-refractivity contribution is -0.384. The van der Waals surface area contributed by atoms with Gasteiger partial charge in [-0.2, -0.15) is 0 Å². The summed E-state index contributed by atoms with van der Waals surface area (Å²) in [4.78, 5) is 31.9. The Morgan fingerprint density at radius 2 is 2.00 bits per heavy atom. The van der Waals surface area contributed by atoms with E-state index in [9.17, 15) is 14.9 Å². The summed E-state index contributed by atoms with van der Waals surface area (Å²) in [5.74, 6) is -0.320. The van der Waals surface area contributed by atoms with Gasteiger partial charge >= 0.3 is 0 Å². The molecule has 8 heteroatoms. The molecule has 1 aromatic heterocycles. The van der Waals surface area contributed by atoms with E-state index in [2.05, 4.69) is 15.2 Å². The van der Waals surface area contributed by atoms with Crippen LogP contribution in [0, 0.1) is 10.1 Å². The van der Waals surface area contributed by atoms with Crippen molar-refractivity contribution in [3.05, 3.63) is 64.0 Å². The third-order valence-electron chi connectivity index (χ3n) is 4.67. The molecule has 1 aromatic carbocycles. The number of hydrogen-bond donors (Lipinski definition) is 1. The monoisotopic (exact) mass is 369 g/mol. The van der Waals surface area contributed by atoms with Crippen molar-refractivity contribution in [2.45, 2.75) is 6.42 Å². The fourth-order valence-corrected chi connectivity index (χ4v) is 3.08. The molecule has 1 aliphatic rings. The van der Waals surface area contributed by atoms with E-state index in [0.29, 0.717) is 24.2 Å². The Balaban J connectivity index is 1.67. The van der Waals surface area contributed by atoms with Crippen LogP contribution in [-0.4, -0.2) is 60.5 Å². The van der Waals surface area contributed by atoms with E-state index in [1.165, 1.54) is 6.07 Å². The highest BCUT2D eigenvalue weighted by molar-refractivity contribution is 5.95. The van der Waals surface area contributed by atoms with Crippen molar-refractivity contribution >= 4 is 17.3 Å². The van der Waals surface area contributed by atoms with Crippen molar-refractivity contribution in [3.8, 4) is 0 Å². The fraction of sp³-hybridized carbons (Fsp3) is 0.368. The lowest BCUT2D eigenvalue weighted by atomic mass is 10.1. The molecule has 0 unspecified atom stereocenters. The van der Waals surface area contributed by atoms with E-state index in [1.54, 1.807) is 18.3 Å². The second kappa shape index (κ2) is 8.59. The van der Waals surface area contributed by atoms with Crippen LogP contribution >= 0.6 is 0 Å². The van der Waals surface area contributed by atoms with Crippen molar-refractivity contribution in [2.24, 2.45) is 0 Å². The zero-order valence-corrected chi connectivity index (χ0v) is 15.3. The van der Waals surface area contributed by atoms with Gasteiger partial charge in [-0.15, -0.1) is 0 Å². The molecule has 2 heterocycles. The Morgan fingerprint density at radius 1 is 1.22 bits per heavy atom. The highest BCUT2D eigenvalue weighted by Gasteiger charge is 2.24. The number of piperazine rings is 1. The first kappa shape index (κ1) is 18.8. The predicted octanol–water partition coefficient (Wildman–Crippen LogP) is 1.71. The zero-order chi connectivity index (χ0) is 19.2. The van der Waals surface area contributed by atoms with Gasteiger partial charge in [0, 0.05) is 62.7 Å².